The van der Waals surface area contributed by atoms with Crippen LogP contribution in [0.15, 0.2) is 22.8 Å². The van der Waals surface area contributed by atoms with Crippen LogP contribution in [-0.2, 0) is 4.74 Å². The van der Waals surface area contributed by atoms with Crippen molar-refractivity contribution in [3.8, 4) is 0 Å². The summed E-state index contributed by atoms with van der Waals surface area (Å²) in [5, 5.41) is 3.24. The lowest BCUT2D eigenvalue weighted by molar-refractivity contribution is 0.0313. The van der Waals surface area contributed by atoms with Crippen molar-refractivity contribution in [1.82, 2.24) is 4.98 Å². The van der Waals surface area contributed by atoms with E-state index < -0.39 is 0 Å². The van der Waals surface area contributed by atoms with Crippen LogP contribution in [0.2, 0.25) is 0 Å². The van der Waals surface area contributed by atoms with Crippen LogP contribution in [0.5, 0.6) is 0 Å². The number of ether oxygens (including phenoxy) is 1. The quantitative estimate of drug-likeness (QED) is 0.820. The third-order valence-corrected chi connectivity index (χ3v) is 3.68. The van der Waals surface area contributed by atoms with Gasteiger partial charge in [0, 0.05) is 23.3 Å². The van der Waals surface area contributed by atoms with Gasteiger partial charge in [-0.2, -0.15) is 0 Å². The summed E-state index contributed by atoms with van der Waals surface area (Å²) in [6.45, 7) is 1.51. The van der Waals surface area contributed by atoms with E-state index in [-0.39, 0.29) is 0 Å². The third kappa shape index (κ3) is 4.55. The van der Waals surface area contributed by atoms with Gasteiger partial charge in [-0.25, -0.2) is 4.98 Å². The molecule has 0 amide bonds. The van der Waals surface area contributed by atoms with Gasteiger partial charge < -0.3 is 15.8 Å². The first-order chi connectivity index (χ1) is 8.74. The molecule has 2 rings (SSSR count). The molecule has 5 heteroatoms. The highest BCUT2D eigenvalue weighted by Gasteiger charge is 2.18. The SMILES string of the molecule is NC1CCC(OCCNc2ccc(Br)cn2)CC1. The topological polar surface area (TPSA) is 60.2 Å². The van der Waals surface area contributed by atoms with Crippen LogP contribution in [0.25, 0.3) is 0 Å². The molecule has 1 aliphatic carbocycles. The Morgan fingerprint density at radius 2 is 2.11 bits per heavy atom. The van der Waals surface area contributed by atoms with E-state index in [2.05, 4.69) is 26.2 Å². The van der Waals surface area contributed by atoms with E-state index in [0.29, 0.717) is 12.1 Å². The molecular weight excluding hydrogens is 294 g/mol. The van der Waals surface area contributed by atoms with Crippen LogP contribution in [0.4, 0.5) is 5.82 Å². The summed E-state index contributed by atoms with van der Waals surface area (Å²) in [5.41, 5.74) is 5.86. The maximum absolute atomic E-state index is 5.86. The summed E-state index contributed by atoms with van der Waals surface area (Å²) < 4.78 is 6.81. The summed E-state index contributed by atoms with van der Waals surface area (Å²) >= 11 is 3.36. The van der Waals surface area contributed by atoms with Crippen LogP contribution in [0, 0.1) is 0 Å². The molecule has 1 fully saturated rings. The number of hydrogen-bond donors (Lipinski definition) is 2. The van der Waals surface area contributed by atoms with Gasteiger partial charge in [0.15, 0.2) is 0 Å². The second-order valence-corrected chi connectivity index (χ2v) is 5.61. The number of nitrogens with one attached hydrogen (secondary N) is 1. The first-order valence-electron chi connectivity index (χ1n) is 6.46. The van der Waals surface area contributed by atoms with E-state index in [4.69, 9.17) is 10.5 Å². The van der Waals surface area contributed by atoms with Crippen molar-refractivity contribution in [2.75, 3.05) is 18.5 Å². The largest absolute Gasteiger partial charge is 0.376 e. The fourth-order valence-electron chi connectivity index (χ4n) is 2.14. The summed E-state index contributed by atoms with van der Waals surface area (Å²) in [6, 6.07) is 4.30. The van der Waals surface area contributed by atoms with Crippen molar-refractivity contribution in [3.05, 3.63) is 22.8 Å². The van der Waals surface area contributed by atoms with Crippen molar-refractivity contribution in [3.63, 3.8) is 0 Å². The minimum absolute atomic E-state index is 0.384. The highest BCUT2D eigenvalue weighted by Crippen LogP contribution is 2.19. The molecule has 0 unspecified atom stereocenters. The Morgan fingerprint density at radius 1 is 1.33 bits per heavy atom. The Hall–Kier alpha value is -0.650. The van der Waals surface area contributed by atoms with Gasteiger partial charge in [0.05, 0.1) is 12.7 Å². The number of nitrogens with zero attached hydrogens (tertiary/aromatic N) is 1. The van der Waals surface area contributed by atoms with Crippen LogP contribution in [0.1, 0.15) is 25.7 Å². The van der Waals surface area contributed by atoms with E-state index in [9.17, 15) is 0 Å². The van der Waals surface area contributed by atoms with E-state index in [1.807, 2.05) is 12.1 Å². The molecule has 18 heavy (non-hydrogen) atoms. The highest BCUT2D eigenvalue weighted by molar-refractivity contribution is 9.10. The molecule has 100 valence electrons. The number of rotatable bonds is 5. The average molecular weight is 314 g/mol. The maximum Gasteiger partial charge on any atom is 0.126 e. The van der Waals surface area contributed by atoms with E-state index in [1.54, 1.807) is 6.20 Å². The molecule has 1 saturated carbocycles. The lowest BCUT2D eigenvalue weighted by atomic mass is 9.94. The van der Waals surface area contributed by atoms with Gasteiger partial charge >= 0.3 is 0 Å². The predicted molar refractivity (Wildman–Crippen MR) is 76.6 cm³/mol. The Kier molecular flexibility index (Phi) is 5.41. The molecule has 1 aliphatic rings. The highest BCUT2D eigenvalue weighted by atomic mass is 79.9. The summed E-state index contributed by atoms with van der Waals surface area (Å²) in [4.78, 5) is 4.24. The summed E-state index contributed by atoms with van der Waals surface area (Å²) in [7, 11) is 0. The molecular formula is C13H20BrN3O. The van der Waals surface area contributed by atoms with Crippen molar-refractivity contribution in [2.45, 2.75) is 37.8 Å². The lowest BCUT2D eigenvalue weighted by Crippen LogP contribution is -2.31. The minimum Gasteiger partial charge on any atom is -0.376 e. The first-order valence-corrected chi connectivity index (χ1v) is 7.26. The summed E-state index contributed by atoms with van der Waals surface area (Å²) in [5.74, 6) is 0.882. The van der Waals surface area contributed by atoms with Crippen molar-refractivity contribution >= 4 is 21.7 Å². The van der Waals surface area contributed by atoms with E-state index in [1.165, 1.54) is 0 Å². The number of pyridine rings is 1. The maximum atomic E-state index is 5.86. The molecule has 3 N–H and O–H groups in total. The molecule has 0 spiro atoms. The van der Waals surface area contributed by atoms with Crippen LogP contribution >= 0.6 is 15.9 Å². The number of hydrogen-bond acceptors (Lipinski definition) is 4. The van der Waals surface area contributed by atoms with Gasteiger partial charge in [-0.3, -0.25) is 0 Å². The monoisotopic (exact) mass is 313 g/mol. The van der Waals surface area contributed by atoms with E-state index >= 15 is 0 Å². The normalized spacial score (nSPS) is 23.9. The van der Waals surface area contributed by atoms with E-state index in [0.717, 1.165) is 49.1 Å². The molecule has 0 bridgehead atoms. The van der Waals surface area contributed by atoms with Gasteiger partial charge in [-0.05, 0) is 53.7 Å². The Morgan fingerprint density at radius 3 is 2.78 bits per heavy atom. The lowest BCUT2D eigenvalue weighted by Gasteiger charge is -2.26. The fraction of sp³-hybridized carbons (Fsp3) is 0.615. The standard InChI is InChI=1S/C13H20BrN3O/c14-10-1-6-13(17-9-10)16-7-8-18-12-4-2-11(15)3-5-12/h1,6,9,11-12H,2-5,7-8,15H2,(H,16,17). The molecule has 0 aromatic carbocycles. The summed E-state index contributed by atoms with van der Waals surface area (Å²) in [6.07, 6.45) is 6.55. The predicted octanol–water partition coefficient (Wildman–Crippen LogP) is 2.54. The molecule has 4 nitrogen and oxygen atoms in total. The Labute approximate surface area is 116 Å². The number of nitrogens with two attached hydrogens (primary N) is 1. The van der Waals surface area contributed by atoms with Crippen LogP contribution in [0.3, 0.4) is 0 Å². The zero-order valence-electron chi connectivity index (χ0n) is 10.4. The molecule has 1 aromatic heterocycles. The number of aromatic nitrogens is 1. The van der Waals surface area contributed by atoms with Gasteiger partial charge in [-0.15, -0.1) is 0 Å². The second-order valence-electron chi connectivity index (χ2n) is 4.70. The van der Waals surface area contributed by atoms with Crippen LogP contribution < -0.4 is 11.1 Å². The van der Waals surface area contributed by atoms with Crippen molar-refractivity contribution in [2.24, 2.45) is 5.73 Å². The number of halogens is 1. The molecule has 0 atom stereocenters. The van der Waals surface area contributed by atoms with Crippen molar-refractivity contribution < 1.29 is 4.74 Å². The second kappa shape index (κ2) is 7.07. The molecule has 0 saturated heterocycles. The van der Waals surface area contributed by atoms with Gasteiger partial charge in [0.2, 0.25) is 0 Å². The molecule has 1 heterocycles. The average Bonchev–Trinajstić information content (AvgIpc) is 2.39. The number of anilines is 1. The van der Waals surface area contributed by atoms with Gasteiger partial charge in [-0.1, -0.05) is 0 Å². The molecule has 0 radical (unpaired) electrons. The fourth-order valence-corrected chi connectivity index (χ4v) is 2.37. The smallest absolute Gasteiger partial charge is 0.126 e. The minimum atomic E-state index is 0.384. The molecule has 0 aliphatic heterocycles. The Bertz CT molecular complexity index is 350. The zero-order valence-corrected chi connectivity index (χ0v) is 12.0. The first kappa shape index (κ1) is 13.8. The Balaban J connectivity index is 1.60. The van der Waals surface area contributed by atoms with Gasteiger partial charge in [0.25, 0.3) is 0 Å². The zero-order chi connectivity index (χ0) is 12.8. The third-order valence-electron chi connectivity index (χ3n) is 3.21. The van der Waals surface area contributed by atoms with Gasteiger partial charge in [0.1, 0.15) is 5.82 Å². The molecule has 1 aromatic rings. The van der Waals surface area contributed by atoms with Crippen molar-refractivity contribution in [1.29, 1.82) is 0 Å². The van der Waals surface area contributed by atoms with Crippen LogP contribution in [-0.4, -0.2) is 30.3 Å².